The van der Waals surface area contributed by atoms with Crippen LogP contribution in [0.15, 0.2) is 6.20 Å². The van der Waals surface area contributed by atoms with Gasteiger partial charge in [-0.05, 0) is 58.4 Å². The van der Waals surface area contributed by atoms with Crippen molar-refractivity contribution in [3.05, 3.63) is 33.2 Å². The molecule has 3 aliphatic rings. The number of likely N-dealkylation sites (tertiary alicyclic amines) is 1. The second-order valence-corrected chi connectivity index (χ2v) is 10.1. The Hall–Kier alpha value is -1.86. The number of thiazole rings is 1. The van der Waals surface area contributed by atoms with Gasteiger partial charge in [0.1, 0.15) is 11.6 Å². The molecule has 4 heterocycles. The molecule has 1 saturated heterocycles. The molecular weight excluding hydrogens is 382 g/mol. The van der Waals surface area contributed by atoms with Crippen molar-refractivity contribution < 1.29 is 4.79 Å². The van der Waals surface area contributed by atoms with E-state index in [1.807, 2.05) is 11.1 Å². The molecule has 7 heteroatoms. The maximum absolute atomic E-state index is 12.7. The van der Waals surface area contributed by atoms with Gasteiger partial charge in [-0.25, -0.2) is 15.0 Å². The number of anilines is 1. The second kappa shape index (κ2) is 7.76. The molecule has 2 aromatic heterocycles. The van der Waals surface area contributed by atoms with E-state index in [4.69, 9.17) is 9.97 Å². The minimum absolute atomic E-state index is 0.218. The summed E-state index contributed by atoms with van der Waals surface area (Å²) in [5.74, 6) is 2.69. The number of fused-ring (bicyclic) bond motifs is 1. The van der Waals surface area contributed by atoms with Crippen molar-refractivity contribution in [2.24, 2.45) is 5.92 Å². The van der Waals surface area contributed by atoms with Gasteiger partial charge in [0, 0.05) is 41.8 Å². The Kier molecular flexibility index (Phi) is 5.12. The molecule has 6 nitrogen and oxygen atoms in total. The van der Waals surface area contributed by atoms with Gasteiger partial charge in [0.2, 0.25) is 5.91 Å². The van der Waals surface area contributed by atoms with Crippen LogP contribution in [0.25, 0.3) is 0 Å². The lowest BCUT2D eigenvalue weighted by molar-refractivity contribution is -0.119. The first kappa shape index (κ1) is 19.1. The summed E-state index contributed by atoms with van der Waals surface area (Å²) in [5, 5.41) is 1.11. The molecule has 154 valence electrons. The second-order valence-electron chi connectivity index (χ2n) is 8.74. The number of aryl methyl sites for hydroxylation is 2. The van der Waals surface area contributed by atoms with Gasteiger partial charge in [-0.2, -0.15) is 0 Å². The molecular formula is C22H29N5OS. The molecule has 29 heavy (non-hydrogen) atoms. The zero-order valence-electron chi connectivity index (χ0n) is 17.4. The molecule has 1 saturated carbocycles. The monoisotopic (exact) mass is 411 g/mol. The Labute approximate surface area is 176 Å². The fraction of sp³-hybridized carbons (Fsp3) is 0.636. The number of hydrogen-bond donors (Lipinski definition) is 0. The van der Waals surface area contributed by atoms with Gasteiger partial charge in [0.25, 0.3) is 0 Å². The maximum Gasteiger partial charge on any atom is 0.228 e. The highest BCUT2D eigenvalue weighted by Gasteiger charge is 2.35. The predicted molar refractivity (Wildman–Crippen MR) is 114 cm³/mol. The van der Waals surface area contributed by atoms with Gasteiger partial charge >= 0.3 is 0 Å². The van der Waals surface area contributed by atoms with Gasteiger partial charge < -0.3 is 0 Å². The summed E-state index contributed by atoms with van der Waals surface area (Å²) in [7, 11) is 0. The standard InChI is InChI=1S/C22H29N5OS/c1-14-18-8-9-20(28)27(12-16-6-7-16)22(18)25-21(24-14)19-5-3-4-10-26(19)13-17-11-23-15(2)29-17/h11,16,19H,3-10,12-13H2,1-2H3/t19-/m1/s1. The Morgan fingerprint density at radius 1 is 1.14 bits per heavy atom. The largest absolute Gasteiger partial charge is 0.296 e. The number of rotatable bonds is 5. The number of aromatic nitrogens is 3. The molecule has 2 aromatic rings. The van der Waals surface area contributed by atoms with Crippen LogP contribution in [-0.2, 0) is 17.8 Å². The lowest BCUT2D eigenvalue weighted by Crippen LogP contribution is -2.39. The van der Waals surface area contributed by atoms with Crippen LogP contribution in [-0.4, -0.2) is 38.8 Å². The summed E-state index contributed by atoms with van der Waals surface area (Å²) in [6, 6.07) is 0.218. The zero-order chi connectivity index (χ0) is 20.0. The molecule has 5 rings (SSSR count). The summed E-state index contributed by atoms with van der Waals surface area (Å²) < 4.78 is 0. The van der Waals surface area contributed by atoms with Crippen molar-refractivity contribution in [2.75, 3.05) is 18.0 Å². The molecule has 2 fully saturated rings. The third kappa shape index (κ3) is 3.94. The van der Waals surface area contributed by atoms with Crippen LogP contribution in [0.3, 0.4) is 0 Å². The molecule has 0 aromatic carbocycles. The Bertz CT molecular complexity index is 922. The Morgan fingerprint density at radius 3 is 2.76 bits per heavy atom. The van der Waals surface area contributed by atoms with Crippen LogP contribution in [0.5, 0.6) is 0 Å². The fourth-order valence-electron chi connectivity index (χ4n) is 4.65. The van der Waals surface area contributed by atoms with Gasteiger partial charge in [0.15, 0.2) is 0 Å². The number of nitrogens with zero attached hydrogens (tertiary/aromatic N) is 5. The summed E-state index contributed by atoms with van der Waals surface area (Å²) in [5.41, 5.74) is 2.23. The molecule has 2 aliphatic heterocycles. The van der Waals surface area contributed by atoms with E-state index >= 15 is 0 Å². The smallest absolute Gasteiger partial charge is 0.228 e. The zero-order valence-corrected chi connectivity index (χ0v) is 18.2. The number of carbonyl (C=O) groups excluding carboxylic acids is 1. The van der Waals surface area contributed by atoms with E-state index in [0.29, 0.717) is 12.3 Å². The highest BCUT2D eigenvalue weighted by atomic mass is 32.1. The van der Waals surface area contributed by atoms with E-state index in [-0.39, 0.29) is 11.9 Å². The summed E-state index contributed by atoms with van der Waals surface area (Å²) in [6.07, 6.45) is 9.33. The van der Waals surface area contributed by atoms with Crippen molar-refractivity contribution in [3.8, 4) is 0 Å². The summed E-state index contributed by atoms with van der Waals surface area (Å²) >= 11 is 1.77. The van der Waals surface area contributed by atoms with Crippen LogP contribution in [0.2, 0.25) is 0 Å². The molecule has 1 atom stereocenters. The molecule has 0 unspecified atom stereocenters. The molecule has 0 bridgehead atoms. The van der Waals surface area contributed by atoms with Crippen LogP contribution < -0.4 is 4.90 Å². The van der Waals surface area contributed by atoms with Crippen LogP contribution in [0.1, 0.15) is 71.5 Å². The first-order valence-corrected chi connectivity index (χ1v) is 11.7. The van der Waals surface area contributed by atoms with Crippen LogP contribution >= 0.6 is 11.3 Å². The average Bonchev–Trinajstić information content (AvgIpc) is 3.44. The minimum Gasteiger partial charge on any atom is -0.296 e. The number of piperidine rings is 1. The number of hydrogen-bond acceptors (Lipinski definition) is 6. The molecule has 1 aliphatic carbocycles. The van der Waals surface area contributed by atoms with E-state index in [0.717, 1.165) is 54.8 Å². The topological polar surface area (TPSA) is 62.2 Å². The van der Waals surface area contributed by atoms with Gasteiger partial charge in [-0.15, -0.1) is 11.3 Å². The van der Waals surface area contributed by atoms with Gasteiger partial charge in [-0.1, -0.05) is 6.42 Å². The molecule has 0 spiro atoms. The number of amides is 1. The molecule has 0 radical (unpaired) electrons. The maximum atomic E-state index is 12.7. The third-order valence-corrected chi connectivity index (χ3v) is 7.33. The summed E-state index contributed by atoms with van der Waals surface area (Å²) in [6.45, 7) is 6.94. The normalized spacial score (nSPS) is 22.8. The van der Waals surface area contributed by atoms with Crippen molar-refractivity contribution in [3.63, 3.8) is 0 Å². The first-order valence-electron chi connectivity index (χ1n) is 10.9. The van der Waals surface area contributed by atoms with E-state index in [1.165, 1.54) is 36.1 Å². The molecule has 1 amide bonds. The van der Waals surface area contributed by atoms with Crippen LogP contribution in [0.4, 0.5) is 5.82 Å². The van der Waals surface area contributed by atoms with Gasteiger partial charge in [0.05, 0.1) is 11.0 Å². The van der Waals surface area contributed by atoms with Crippen molar-refractivity contribution >= 4 is 23.1 Å². The van der Waals surface area contributed by atoms with Crippen molar-refractivity contribution in [2.45, 2.75) is 71.4 Å². The number of carbonyl (C=O) groups is 1. The predicted octanol–water partition coefficient (Wildman–Crippen LogP) is 3.97. The van der Waals surface area contributed by atoms with Crippen LogP contribution in [0, 0.1) is 19.8 Å². The quantitative estimate of drug-likeness (QED) is 0.745. The van der Waals surface area contributed by atoms with E-state index in [1.54, 1.807) is 11.3 Å². The highest BCUT2D eigenvalue weighted by molar-refractivity contribution is 7.11. The lowest BCUT2D eigenvalue weighted by atomic mass is 9.99. The fourth-order valence-corrected chi connectivity index (χ4v) is 5.47. The highest BCUT2D eigenvalue weighted by Crippen LogP contribution is 2.37. The minimum atomic E-state index is 0.218. The lowest BCUT2D eigenvalue weighted by Gasteiger charge is -2.36. The van der Waals surface area contributed by atoms with E-state index < -0.39 is 0 Å². The average molecular weight is 412 g/mol. The Morgan fingerprint density at radius 2 is 2.00 bits per heavy atom. The SMILES string of the molecule is Cc1ncc(CN2CCCC[C@@H]2c2nc(C)c3c(n2)N(CC2CC2)C(=O)CC3)s1. The van der Waals surface area contributed by atoms with Crippen molar-refractivity contribution in [1.82, 2.24) is 19.9 Å². The third-order valence-electron chi connectivity index (χ3n) is 6.43. The van der Waals surface area contributed by atoms with Gasteiger partial charge in [-0.3, -0.25) is 14.6 Å². The summed E-state index contributed by atoms with van der Waals surface area (Å²) in [4.78, 5) is 32.9. The Balaban J connectivity index is 1.46. The first-order chi connectivity index (χ1) is 14.1. The van der Waals surface area contributed by atoms with E-state index in [2.05, 4.69) is 23.7 Å². The molecule has 0 N–H and O–H groups in total. The van der Waals surface area contributed by atoms with E-state index in [9.17, 15) is 4.79 Å². The van der Waals surface area contributed by atoms with Crippen molar-refractivity contribution in [1.29, 1.82) is 0 Å².